The Hall–Kier alpha value is -3.00. The van der Waals surface area contributed by atoms with Crippen molar-refractivity contribution >= 4 is 52.2 Å². The van der Waals surface area contributed by atoms with Gasteiger partial charge in [-0.15, -0.1) is 0 Å². The molecule has 1 fully saturated rings. The molecular weight excluding hydrogens is 512 g/mol. The van der Waals surface area contributed by atoms with Gasteiger partial charge in [0.15, 0.2) is 11.5 Å². The molecule has 9 heteroatoms. The Balaban J connectivity index is 1.52. The fourth-order valence-corrected chi connectivity index (χ4v) is 4.64. The molecule has 1 heterocycles. The number of thioether (sulfide) groups is 1. The van der Waals surface area contributed by atoms with Crippen LogP contribution in [0.1, 0.15) is 23.6 Å². The fourth-order valence-electron chi connectivity index (χ4n) is 3.38. The Morgan fingerprint density at radius 1 is 0.943 bits per heavy atom. The fraction of sp³-hybridized carbons (Fsp3) is 0.154. The van der Waals surface area contributed by atoms with E-state index >= 15 is 0 Å². The Kier molecular flexibility index (Phi) is 8.00. The maximum atomic E-state index is 13.3. The SMILES string of the molecule is CCOc1cc(/C=C2/SC(=O)N(Cc3ccc(F)cc3Cl)C2=O)ccc1OCc1ccccc1Cl. The lowest BCUT2D eigenvalue weighted by Crippen LogP contribution is -2.27. The van der Waals surface area contributed by atoms with E-state index in [1.165, 1.54) is 12.1 Å². The molecule has 35 heavy (non-hydrogen) atoms. The van der Waals surface area contributed by atoms with Gasteiger partial charge in [0, 0.05) is 15.6 Å². The number of rotatable bonds is 8. The highest BCUT2D eigenvalue weighted by molar-refractivity contribution is 8.18. The van der Waals surface area contributed by atoms with Crippen LogP contribution in [0.25, 0.3) is 6.08 Å². The second-order valence-electron chi connectivity index (χ2n) is 7.52. The number of hydrogen-bond acceptors (Lipinski definition) is 5. The Bertz CT molecular complexity index is 1310. The zero-order chi connectivity index (χ0) is 24.9. The van der Waals surface area contributed by atoms with Crippen molar-refractivity contribution in [3.63, 3.8) is 0 Å². The van der Waals surface area contributed by atoms with Crippen LogP contribution < -0.4 is 9.47 Å². The maximum Gasteiger partial charge on any atom is 0.293 e. The van der Waals surface area contributed by atoms with E-state index in [9.17, 15) is 14.0 Å². The molecule has 0 radical (unpaired) electrons. The van der Waals surface area contributed by atoms with Crippen LogP contribution in [-0.4, -0.2) is 22.7 Å². The maximum absolute atomic E-state index is 13.3. The highest BCUT2D eigenvalue weighted by atomic mass is 35.5. The summed E-state index contributed by atoms with van der Waals surface area (Å²) in [6, 6.07) is 16.5. The van der Waals surface area contributed by atoms with Gasteiger partial charge in [0.1, 0.15) is 12.4 Å². The molecule has 3 aromatic carbocycles. The Morgan fingerprint density at radius 2 is 1.74 bits per heavy atom. The molecule has 0 bridgehead atoms. The smallest absolute Gasteiger partial charge is 0.293 e. The van der Waals surface area contributed by atoms with Crippen LogP contribution in [0.4, 0.5) is 9.18 Å². The molecule has 1 aliphatic heterocycles. The first kappa shape index (κ1) is 25.1. The lowest BCUT2D eigenvalue weighted by atomic mass is 10.1. The van der Waals surface area contributed by atoms with E-state index in [0.717, 1.165) is 28.3 Å². The van der Waals surface area contributed by atoms with E-state index in [0.29, 0.717) is 34.3 Å². The molecule has 1 saturated heterocycles. The number of carbonyl (C=O) groups is 2. The van der Waals surface area contributed by atoms with Crippen molar-refractivity contribution in [1.82, 2.24) is 4.90 Å². The van der Waals surface area contributed by atoms with Gasteiger partial charge in [-0.25, -0.2) is 4.39 Å². The van der Waals surface area contributed by atoms with Gasteiger partial charge in [-0.3, -0.25) is 14.5 Å². The zero-order valence-corrected chi connectivity index (χ0v) is 20.9. The van der Waals surface area contributed by atoms with Gasteiger partial charge in [0.25, 0.3) is 11.1 Å². The summed E-state index contributed by atoms with van der Waals surface area (Å²) >= 11 is 13.1. The summed E-state index contributed by atoms with van der Waals surface area (Å²) in [5, 5.41) is 0.341. The second kappa shape index (κ2) is 11.2. The molecule has 0 aliphatic carbocycles. The van der Waals surface area contributed by atoms with Crippen LogP contribution in [0, 0.1) is 5.82 Å². The van der Waals surface area contributed by atoms with Gasteiger partial charge in [-0.1, -0.05) is 53.5 Å². The number of benzene rings is 3. The molecule has 0 aromatic heterocycles. The number of halogens is 3. The highest BCUT2D eigenvalue weighted by Crippen LogP contribution is 2.36. The molecule has 4 rings (SSSR count). The molecule has 5 nitrogen and oxygen atoms in total. The molecule has 1 aliphatic rings. The van der Waals surface area contributed by atoms with E-state index < -0.39 is 17.0 Å². The van der Waals surface area contributed by atoms with E-state index in [1.807, 2.05) is 25.1 Å². The standard InChI is InChI=1S/C26H20Cl2FNO4S/c1-2-33-23-11-16(7-10-22(23)34-15-18-5-3-4-6-20(18)27)12-24-25(31)30(26(32)35-24)14-17-8-9-19(29)13-21(17)28/h3-13H,2,14-15H2,1H3/b24-12+. The largest absolute Gasteiger partial charge is 0.490 e. The minimum atomic E-state index is -0.489. The predicted octanol–water partition coefficient (Wildman–Crippen LogP) is 7.35. The van der Waals surface area contributed by atoms with E-state index in [-0.39, 0.29) is 23.1 Å². The quantitative estimate of drug-likeness (QED) is 0.284. The number of amides is 2. The number of hydrogen-bond donors (Lipinski definition) is 0. The third-order valence-corrected chi connectivity index (χ3v) is 6.75. The summed E-state index contributed by atoms with van der Waals surface area (Å²) in [4.78, 5) is 26.7. The number of ether oxygens (including phenoxy) is 2. The van der Waals surface area contributed by atoms with Crippen molar-refractivity contribution in [2.24, 2.45) is 0 Å². The first-order chi connectivity index (χ1) is 16.9. The predicted molar refractivity (Wildman–Crippen MR) is 136 cm³/mol. The van der Waals surface area contributed by atoms with Gasteiger partial charge < -0.3 is 9.47 Å². The third kappa shape index (κ3) is 5.99. The van der Waals surface area contributed by atoms with Crippen molar-refractivity contribution in [2.45, 2.75) is 20.1 Å². The second-order valence-corrected chi connectivity index (χ2v) is 9.33. The van der Waals surface area contributed by atoms with E-state index in [4.69, 9.17) is 32.7 Å². The number of nitrogens with zero attached hydrogens (tertiary/aromatic N) is 1. The first-order valence-electron chi connectivity index (χ1n) is 10.7. The lowest BCUT2D eigenvalue weighted by molar-refractivity contribution is -0.123. The van der Waals surface area contributed by atoms with Crippen LogP contribution in [0.15, 0.2) is 65.6 Å². The van der Waals surface area contributed by atoms with Gasteiger partial charge in [-0.05, 0) is 66.2 Å². The van der Waals surface area contributed by atoms with Gasteiger partial charge in [-0.2, -0.15) is 0 Å². The van der Waals surface area contributed by atoms with Crippen LogP contribution in [-0.2, 0) is 17.9 Å². The van der Waals surface area contributed by atoms with Crippen molar-refractivity contribution in [3.05, 3.63) is 98.1 Å². The minimum absolute atomic E-state index is 0.0415. The summed E-state index contributed by atoms with van der Waals surface area (Å²) in [6.07, 6.45) is 1.62. The average molecular weight is 532 g/mol. The molecule has 0 saturated carbocycles. The summed E-state index contributed by atoms with van der Waals surface area (Å²) in [7, 11) is 0. The summed E-state index contributed by atoms with van der Waals surface area (Å²) < 4.78 is 25.0. The van der Waals surface area contributed by atoms with Gasteiger partial charge in [0.05, 0.1) is 18.1 Å². The van der Waals surface area contributed by atoms with Crippen LogP contribution >= 0.6 is 35.0 Å². The van der Waals surface area contributed by atoms with Crippen molar-refractivity contribution in [1.29, 1.82) is 0 Å². The third-order valence-electron chi connectivity index (χ3n) is 5.12. The van der Waals surface area contributed by atoms with Crippen LogP contribution in [0.5, 0.6) is 11.5 Å². The molecule has 3 aromatic rings. The summed E-state index contributed by atoms with van der Waals surface area (Å²) in [5.41, 5.74) is 2.00. The normalized spacial score (nSPS) is 14.6. The lowest BCUT2D eigenvalue weighted by Gasteiger charge is -2.14. The molecule has 2 amide bonds. The number of carbonyl (C=O) groups excluding carboxylic acids is 2. The monoisotopic (exact) mass is 531 g/mol. The summed E-state index contributed by atoms with van der Waals surface area (Å²) in [5.74, 6) is 0.100. The topological polar surface area (TPSA) is 55.8 Å². The highest BCUT2D eigenvalue weighted by Gasteiger charge is 2.35. The number of imide groups is 1. The molecule has 180 valence electrons. The van der Waals surface area contributed by atoms with E-state index in [2.05, 4.69) is 0 Å². The Morgan fingerprint density at radius 3 is 2.49 bits per heavy atom. The molecule has 0 N–H and O–H groups in total. The molecule has 0 spiro atoms. The minimum Gasteiger partial charge on any atom is -0.490 e. The van der Waals surface area contributed by atoms with Crippen molar-refractivity contribution < 1.29 is 23.5 Å². The average Bonchev–Trinajstić information content (AvgIpc) is 3.08. The molecule has 0 atom stereocenters. The Labute approximate surface area is 216 Å². The van der Waals surface area contributed by atoms with Crippen molar-refractivity contribution in [2.75, 3.05) is 6.61 Å². The van der Waals surface area contributed by atoms with Gasteiger partial charge in [0.2, 0.25) is 0 Å². The van der Waals surface area contributed by atoms with E-state index in [1.54, 1.807) is 30.3 Å². The van der Waals surface area contributed by atoms with Crippen LogP contribution in [0.2, 0.25) is 10.0 Å². The van der Waals surface area contributed by atoms with Crippen molar-refractivity contribution in [3.8, 4) is 11.5 Å². The van der Waals surface area contributed by atoms with Crippen LogP contribution in [0.3, 0.4) is 0 Å². The first-order valence-corrected chi connectivity index (χ1v) is 12.2. The summed E-state index contributed by atoms with van der Waals surface area (Å²) in [6.45, 7) is 2.50. The molecular formula is C26H20Cl2FNO4S. The zero-order valence-electron chi connectivity index (χ0n) is 18.6. The molecule has 0 unspecified atom stereocenters. The van der Waals surface area contributed by atoms with Gasteiger partial charge >= 0.3 is 0 Å².